The summed E-state index contributed by atoms with van der Waals surface area (Å²) in [4.78, 5) is 34.6. The first-order valence-corrected chi connectivity index (χ1v) is 9.46. The van der Waals surface area contributed by atoms with Crippen LogP contribution in [0, 0.1) is 0 Å². The van der Waals surface area contributed by atoms with Crippen LogP contribution >= 0.6 is 0 Å². The van der Waals surface area contributed by atoms with Gasteiger partial charge in [-0.15, -0.1) is 0 Å². The number of hydrogen-bond donors (Lipinski definition) is 2. The summed E-state index contributed by atoms with van der Waals surface area (Å²) in [5.74, 6) is -0.0298. The molecule has 0 spiro atoms. The molecule has 0 saturated heterocycles. The number of imidazole rings is 1. The van der Waals surface area contributed by atoms with Crippen LogP contribution in [0.25, 0.3) is 11.0 Å². The fourth-order valence-corrected chi connectivity index (χ4v) is 3.62. The smallest absolute Gasteiger partial charge is 0.296 e. The molecule has 0 radical (unpaired) electrons. The summed E-state index contributed by atoms with van der Waals surface area (Å²) in [5.41, 5.74) is 2.01. The van der Waals surface area contributed by atoms with E-state index >= 15 is 0 Å². The number of aromatic amines is 1. The number of carbonyl (C=O) groups is 2. The molecular weight excluding hydrogens is 386 g/mol. The molecule has 8 heteroatoms. The molecule has 2 N–H and O–H groups in total. The van der Waals surface area contributed by atoms with Gasteiger partial charge < -0.3 is 19.6 Å². The van der Waals surface area contributed by atoms with Crippen LogP contribution in [0.2, 0.25) is 0 Å². The van der Waals surface area contributed by atoms with Gasteiger partial charge in [0.2, 0.25) is 5.95 Å². The summed E-state index contributed by atoms with van der Waals surface area (Å²) in [5, 5.41) is 10.6. The third kappa shape index (κ3) is 3.06. The first-order valence-electron chi connectivity index (χ1n) is 9.46. The lowest BCUT2D eigenvalue weighted by Crippen LogP contribution is -2.31. The molecule has 8 nitrogen and oxygen atoms in total. The van der Waals surface area contributed by atoms with Crippen molar-refractivity contribution < 1.29 is 24.2 Å². The Labute approximate surface area is 172 Å². The van der Waals surface area contributed by atoms with Crippen molar-refractivity contribution in [1.82, 2.24) is 9.97 Å². The Morgan fingerprint density at radius 3 is 2.43 bits per heavy atom. The Morgan fingerprint density at radius 2 is 1.80 bits per heavy atom. The number of fused-ring (bicyclic) bond motifs is 1. The maximum atomic E-state index is 13.0. The van der Waals surface area contributed by atoms with Crippen LogP contribution in [-0.2, 0) is 9.59 Å². The van der Waals surface area contributed by atoms with E-state index in [2.05, 4.69) is 9.97 Å². The maximum Gasteiger partial charge on any atom is 0.296 e. The van der Waals surface area contributed by atoms with Gasteiger partial charge in [-0.3, -0.25) is 14.5 Å². The average molecular weight is 407 g/mol. The molecule has 30 heavy (non-hydrogen) atoms. The predicted octanol–water partition coefficient (Wildman–Crippen LogP) is 3.46. The number of ether oxygens (including phenoxy) is 2. The van der Waals surface area contributed by atoms with E-state index in [4.69, 9.17) is 9.47 Å². The summed E-state index contributed by atoms with van der Waals surface area (Å²) in [7, 11) is 3.12. The SMILES string of the molecule is CCC(=O)C1=C(O)C(=O)N(c2nc3ccc(OC)cc3[nH]2)C1c1ccc(OC)cc1. The third-order valence-corrected chi connectivity index (χ3v) is 5.17. The average Bonchev–Trinajstić information content (AvgIpc) is 3.31. The Kier molecular flexibility index (Phi) is 4.91. The summed E-state index contributed by atoms with van der Waals surface area (Å²) in [6, 6.07) is 11.5. The number of aliphatic hydroxyl groups excluding tert-OH is 1. The van der Waals surface area contributed by atoms with E-state index in [0.29, 0.717) is 28.1 Å². The number of ketones is 1. The quantitative estimate of drug-likeness (QED) is 0.648. The van der Waals surface area contributed by atoms with Gasteiger partial charge in [0.1, 0.15) is 11.5 Å². The van der Waals surface area contributed by atoms with Crippen LogP contribution < -0.4 is 14.4 Å². The van der Waals surface area contributed by atoms with Crippen molar-refractivity contribution >= 4 is 28.7 Å². The highest BCUT2D eigenvalue weighted by Crippen LogP contribution is 2.41. The monoisotopic (exact) mass is 407 g/mol. The van der Waals surface area contributed by atoms with Crippen LogP contribution in [0.5, 0.6) is 11.5 Å². The number of amides is 1. The number of Topliss-reactive ketones (excluding diaryl/α,β-unsaturated/α-hetero) is 1. The highest BCUT2D eigenvalue weighted by molar-refractivity contribution is 6.16. The van der Waals surface area contributed by atoms with Crippen LogP contribution in [-0.4, -0.2) is 41.0 Å². The number of H-pyrrole nitrogens is 1. The summed E-state index contributed by atoms with van der Waals surface area (Å²) in [6.45, 7) is 1.69. The number of aliphatic hydroxyl groups is 1. The van der Waals surface area contributed by atoms with Crippen LogP contribution in [0.4, 0.5) is 5.95 Å². The maximum absolute atomic E-state index is 13.0. The van der Waals surface area contributed by atoms with Gasteiger partial charge in [0, 0.05) is 12.5 Å². The molecule has 0 bridgehead atoms. The normalized spacial score (nSPS) is 16.4. The standard InChI is InChI=1S/C22H21N3O5/c1-4-17(26)18-19(12-5-7-13(29-2)8-6-12)25(21(28)20(18)27)22-23-15-10-9-14(30-3)11-16(15)24-22/h5-11,19,27H,4H2,1-3H3,(H,23,24). The highest BCUT2D eigenvalue weighted by atomic mass is 16.5. The highest BCUT2D eigenvalue weighted by Gasteiger charge is 2.45. The largest absolute Gasteiger partial charge is 0.503 e. The fourth-order valence-electron chi connectivity index (χ4n) is 3.62. The minimum Gasteiger partial charge on any atom is -0.503 e. The number of benzene rings is 2. The lowest BCUT2D eigenvalue weighted by Gasteiger charge is -2.24. The van der Waals surface area contributed by atoms with E-state index in [1.807, 2.05) is 0 Å². The van der Waals surface area contributed by atoms with Crippen molar-refractivity contribution in [3.05, 3.63) is 59.4 Å². The molecule has 2 heterocycles. The number of hydrogen-bond acceptors (Lipinski definition) is 6. The van der Waals surface area contributed by atoms with E-state index in [1.54, 1.807) is 63.6 Å². The molecule has 1 aliphatic heterocycles. The zero-order valence-electron chi connectivity index (χ0n) is 16.8. The van der Waals surface area contributed by atoms with E-state index in [-0.39, 0.29) is 23.7 Å². The number of anilines is 1. The summed E-state index contributed by atoms with van der Waals surface area (Å²) >= 11 is 0. The van der Waals surface area contributed by atoms with Crippen molar-refractivity contribution in [2.24, 2.45) is 0 Å². The summed E-state index contributed by atoms with van der Waals surface area (Å²) in [6.07, 6.45) is 0.157. The van der Waals surface area contributed by atoms with E-state index in [9.17, 15) is 14.7 Å². The first-order chi connectivity index (χ1) is 14.5. The van der Waals surface area contributed by atoms with Gasteiger partial charge >= 0.3 is 0 Å². The molecule has 1 unspecified atom stereocenters. The second-order valence-electron chi connectivity index (χ2n) is 6.83. The Hall–Kier alpha value is -3.81. The summed E-state index contributed by atoms with van der Waals surface area (Å²) < 4.78 is 10.4. The number of carbonyl (C=O) groups excluding carboxylic acids is 2. The molecule has 1 aliphatic rings. The van der Waals surface area contributed by atoms with Crippen LogP contribution in [0.1, 0.15) is 24.9 Å². The van der Waals surface area contributed by atoms with Gasteiger partial charge in [0.15, 0.2) is 11.5 Å². The lowest BCUT2D eigenvalue weighted by atomic mass is 9.95. The zero-order valence-corrected chi connectivity index (χ0v) is 16.8. The lowest BCUT2D eigenvalue weighted by molar-refractivity contribution is -0.118. The number of nitrogens with zero attached hydrogens (tertiary/aromatic N) is 2. The number of aromatic nitrogens is 2. The molecule has 0 fully saturated rings. The third-order valence-electron chi connectivity index (χ3n) is 5.17. The predicted molar refractivity (Wildman–Crippen MR) is 111 cm³/mol. The van der Waals surface area contributed by atoms with Crippen molar-refractivity contribution in [3.63, 3.8) is 0 Å². The number of methoxy groups -OCH3 is 2. The van der Waals surface area contributed by atoms with E-state index in [1.165, 1.54) is 4.90 Å². The molecule has 1 amide bonds. The molecule has 1 aromatic heterocycles. The van der Waals surface area contributed by atoms with Crippen molar-refractivity contribution in [2.75, 3.05) is 19.1 Å². The topological polar surface area (TPSA) is 105 Å². The van der Waals surface area contributed by atoms with Gasteiger partial charge in [-0.25, -0.2) is 4.98 Å². The fraction of sp³-hybridized carbons (Fsp3) is 0.227. The van der Waals surface area contributed by atoms with Gasteiger partial charge in [0.05, 0.1) is 36.9 Å². The van der Waals surface area contributed by atoms with Crippen molar-refractivity contribution in [2.45, 2.75) is 19.4 Å². The van der Waals surface area contributed by atoms with Crippen molar-refractivity contribution in [3.8, 4) is 11.5 Å². The Balaban J connectivity index is 1.86. The van der Waals surface area contributed by atoms with Gasteiger partial charge in [-0.05, 0) is 29.8 Å². The minimum atomic E-state index is -0.807. The zero-order chi connectivity index (χ0) is 21.4. The molecular formula is C22H21N3O5. The second-order valence-corrected chi connectivity index (χ2v) is 6.83. The van der Waals surface area contributed by atoms with E-state index < -0.39 is 17.7 Å². The first kappa shape index (κ1) is 19.5. The molecule has 4 rings (SSSR count). The van der Waals surface area contributed by atoms with Gasteiger partial charge in [-0.2, -0.15) is 0 Å². The Bertz CT molecular complexity index is 1160. The molecule has 0 aliphatic carbocycles. The van der Waals surface area contributed by atoms with Crippen molar-refractivity contribution in [1.29, 1.82) is 0 Å². The Morgan fingerprint density at radius 1 is 1.13 bits per heavy atom. The van der Waals surface area contributed by atoms with Crippen LogP contribution in [0.15, 0.2) is 53.8 Å². The van der Waals surface area contributed by atoms with E-state index in [0.717, 1.165) is 0 Å². The molecule has 2 aromatic carbocycles. The molecule has 154 valence electrons. The molecule has 0 saturated carbocycles. The molecule has 3 aromatic rings. The van der Waals surface area contributed by atoms with Gasteiger partial charge in [0.25, 0.3) is 5.91 Å². The molecule has 1 atom stereocenters. The second kappa shape index (κ2) is 7.55. The van der Waals surface area contributed by atoms with Crippen LogP contribution in [0.3, 0.4) is 0 Å². The van der Waals surface area contributed by atoms with Gasteiger partial charge in [-0.1, -0.05) is 19.1 Å². The number of rotatable bonds is 6. The minimum absolute atomic E-state index is 0.0608. The number of nitrogens with one attached hydrogen (secondary N) is 1.